The van der Waals surface area contributed by atoms with Crippen LogP contribution in [0.1, 0.15) is 21.5 Å². The summed E-state index contributed by atoms with van der Waals surface area (Å²) in [7, 11) is 1.37. The highest BCUT2D eigenvalue weighted by Gasteiger charge is 2.09. The monoisotopic (exact) mass is 175 g/mol. The third-order valence-electron chi connectivity index (χ3n) is 1.93. The molecule has 0 aromatic heterocycles. The lowest BCUT2D eigenvalue weighted by Crippen LogP contribution is -2.04. The van der Waals surface area contributed by atoms with Crippen LogP contribution in [0.2, 0.25) is 0 Å². The molecule has 13 heavy (non-hydrogen) atoms. The third-order valence-corrected chi connectivity index (χ3v) is 1.93. The van der Waals surface area contributed by atoms with Crippen LogP contribution >= 0.6 is 0 Å². The van der Waals surface area contributed by atoms with Gasteiger partial charge in [-0.15, -0.1) is 0 Å². The molecule has 0 saturated carbocycles. The van der Waals surface area contributed by atoms with Gasteiger partial charge in [-0.3, -0.25) is 0 Å². The molecule has 0 heterocycles. The van der Waals surface area contributed by atoms with E-state index >= 15 is 0 Å². The summed E-state index contributed by atoms with van der Waals surface area (Å²) < 4.78 is 4.63. The van der Waals surface area contributed by atoms with Gasteiger partial charge < -0.3 is 4.74 Å². The second kappa shape index (κ2) is 3.90. The van der Waals surface area contributed by atoms with Gasteiger partial charge in [-0.05, 0) is 30.2 Å². The molecule has 0 bridgehead atoms. The van der Waals surface area contributed by atoms with Crippen molar-refractivity contribution >= 4 is 5.97 Å². The minimum Gasteiger partial charge on any atom is -0.465 e. The van der Waals surface area contributed by atoms with Crippen LogP contribution in [-0.2, 0) is 4.74 Å². The zero-order valence-corrected chi connectivity index (χ0v) is 7.76. The summed E-state index contributed by atoms with van der Waals surface area (Å²) in [6, 6.07) is 5.36. The molecule has 0 atom stereocenters. The van der Waals surface area contributed by atoms with Crippen molar-refractivity contribution in [3.63, 3.8) is 0 Å². The van der Waals surface area contributed by atoms with Gasteiger partial charge >= 0.3 is 5.97 Å². The molecule has 2 heteroatoms. The molecule has 0 amide bonds. The Morgan fingerprint density at radius 2 is 2.23 bits per heavy atom. The second-order valence-corrected chi connectivity index (χ2v) is 2.65. The van der Waals surface area contributed by atoms with Crippen molar-refractivity contribution in [1.29, 1.82) is 0 Å². The maximum atomic E-state index is 11.2. The van der Waals surface area contributed by atoms with Crippen molar-refractivity contribution in [1.82, 2.24) is 0 Å². The number of hydrogen-bond acceptors (Lipinski definition) is 2. The summed E-state index contributed by atoms with van der Waals surface area (Å²) in [5.74, 6) is -0.324. The molecule has 0 spiro atoms. The Bertz CT molecular complexity index is 340. The molecule has 0 aliphatic rings. The summed E-state index contributed by atoms with van der Waals surface area (Å²) in [5, 5.41) is 0. The molecule has 1 radical (unpaired) electrons. The van der Waals surface area contributed by atoms with Gasteiger partial charge in [0.05, 0.1) is 12.7 Å². The van der Waals surface area contributed by atoms with Gasteiger partial charge in [0.15, 0.2) is 0 Å². The average Bonchev–Trinajstić information content (AvgIpc) is 2.17. The number of ether oxygens (including phenoxy) is 1. The Morgan fingerprint density at radius 1 is 1.54 bits per heavy atom. The molecule has 0 unspecified atom stereocenters. The van der Waals surface area contributed by atoms with Crippen molar-refractivity contribution in [2.75, 3.05) is 7.11 Å². The van der Waals surface area contributed by atoms with Gasteiger partial charge in [0, 0.05) is 0 Å². The number of benzene rings is 1. The fraction of sp³-hybridized carbons (Fsp3) is 0.182. The predicted molar refractivity (Wildman–Crippen MR) is 50.5 cm³/mol. The fourth-order valence-electron chi connectivity index (χ4n) is 1.16. The number of rotatable bonds is 2. The number of methoxy groups -OCH3 is 1. The van der Waals surface area contributed by atoms with Crippen molar-refractivity contribution in [2.45, 2.75) is 6.92 Å². The van der Waals surface area contributed by atoms with Gasteiger partial charge in [0.1, 0.15) is 0 Å². The van der Waals surface area contributed by atoms with Crippen LogP contribution in [-0.4, -0.2) is 13.1 Å². The van der Waals surface area contributed by atoms with Gasteiger partial charge in [-0.2, -0.15) is 0 Å². The molecule has 0 aliphatic heterocycles. The van der Waals surface area contributed by atoms with E-state index in [0.29, 0.717) is 5.56 Å². The molecule has 1 aromatic rings. The van der Waals surface area contributed by atoms with Crippen LogP contribution < -0.4 is 0 Å². The first-order valence-corrected chi connectivity index (χ1v) is 3.91. The lowest BCUT2D eigenvalue weighted by Gasteiger charge is -2.05. The van der Waals surface area contributed by atoms with Crippen molar-refractivity contribution in [3.05, 3.63) is 47.5 Å². The van der Waals surface area contributed by atoms with Gasteiger partial charge in [0.2, 0.25) is 0 Å². The largest absolute Gasteiger partial charge is 0.465 e. The molecule has 2 nitrogen and oxygen atoms in total. The van der Waals surface area contributed by atoms with Crippen LogP contribution in [0.4, 0.5) is 0 Å². The smallest absolute Gasteiger partial charge is 0.338 e. The van der Waals surface area contributed by atoms with E-state index in [4.69, 9.17) is 0 Å². The molecule has 0 aliphatic carbocycles. The van der Waals surface area contributed by atoms with Gasteiger partial charge in [-0.25, -0.2) is 4.79 Å². The van der Waals surface area contributed by atoms with E-state index in [0.717, 1.165) is 11.1 Å². The van der Waals surface area contributed by atoms with Crippen LogP contribution in [0, 0.1) is 13.0 Å². The summed E-state index contributed by atoms with van der Waals surface area (Å²) >= 11 is 0. The quantitative estimate of drug-likeness (QED) is 0.643. The van der Waals surface area contributed by atoms with E-state index in [1.165, 1.54) is 7.11 Å². The Morgan fingerprint density at radius 3 is 2.77 bits per heavy atom. The van der Waals surface area contributed by atoms with Crippen molar-refractivity contribution in [3.8, 4) is 0 Å². The van der Waals surface area contributed by atoms with Gasteiger partial charge in [-0.1, -0.05) is 18.7 Å². The van der Waals surface area contributed by atoms with Crippen LogP contribution in [0.3, 0.4) is 0 Å². The Labute approximate surface area is 77.8 Å². The molecule has 1 aromatic carbocycles. The standard InChI is InChI=1S/C11H11O2/c1-4-9-6-5-7-10(8(9)2)11(12)13-3/h5-7H,1H2,2-3H3. The minimum absolute atomic E-state index is 0.324. The predicted octanol–water partition coefficient (Wildman–Crippen LogP) is 2.12. The summed E-state index contributed by atoms with van der Waals surface area (Å²) in [4.78, 5) is 11.2. The summed E-state index contributed by atoms with van der Waals surface area (Å²) in [5.41, 5.74) is 2.25. The lowest BCUT2D eigenvalue weighted by atomic mass is 10.0. The zero-order chi connectivity index (χ0) is 9.84. The van der Waals surface area contributed by atoms with E-state index in [2.05, 4.69) is 17.4 Å². The first-order valence-electron chi connectivity index (χ1n) is 3.91. The summed E-state index contributed by atoms with van der Waals surface area (Å²) in [6.07, 6.45) is 2.76. The van der Waals surface area contributed by atoms with Crippen LogP contribution in [0.25, 0.3) is 0 Å². The number of esters is 1. The van der Waals surface area contributed by atoms with Crippen molar-refractivity contribution in [2.24, 2.45) is 0 Å². The zero-order valence-electron chi connectivity index (χ0n) is 7.76. The molecular formula is C11H11O2. The minimum atomic E-state index is -0.324. The number of carbonyl (C=O) groups is 1. The first kappa shape index (κ1) is 9.52. The normalized spacial score (nSPS) is 9.38. The lowest BCUT2D eigenvalue weighted by molar-refractivity contribution is 0.0600. The van der Waals surface area contributed by atoms with E-state index in [-0.39, 0.29) is 5.97 Å². The van der Waals surface area contributed by atoms with E-state index in [1.54, 1.807) is 12.1 Å². The van der Waals surface area contributed by atoms with Gasteiger partial charge in [0.25, 0.3) is 0 Å². The average molecular weight is 175 g/mol. The number of hydrogen-bond donors (Lipinski definition) is 0. The molecular weight excluding hydrogens is 164 g/mol. The van der Waals surface area contributed by atoms with E-state index < -0.39 is 0 Å². The van der Waals surface area contributed by atoms with Crippen LogP contribution in [0.15, 0.2) is 24.8 Å². The maximum Gasteiger partial charge on any atom is 0.338 e. The third kappa shape index (κ3) is 1.78. The Balaban J connectivity index is 3.23. The highest BCUT2D eigenvalue weighted by Crippen LogP contribution is 2.14. The highest BCUT2D eigenvalue weighted by atomic mass is 16.5. The second-order valence-electron chi connectivity index (χ2n) is 2.65. The molecule has 67 valence electrons. The van der Waals surface area contributed by atoms with Crippen LogP contribution in [0.5, 0.6) is 0 Å². The molecule has 0 saturated heterocycles. The Kier molecular flexibility index (Phi) is 2.85. The summed E-state index contributed by atoms with van der Waals surface area (Å²) in [6.45, 7) is 5.39. The molecule has 0 N–H and O–H groups in total. The maximum absolute atomic E-state index is 11.2. The molecule has 1 rings (SSSR count). The molecule has 0 fully saturated rings. The topological polar surface area (TPSA) is 26.3 Å². The Hall–Kier alpha value is -1.57. The fourth-order valence-corrected chi connectivity index (χ4v) is 1.16. The first-order chi connectivity index (χ1) is 6.20. The SMILES string of the molecule is C=[C]c1cccc(C(=O)OC)c1C. The highest BCUT2D eigenvalue weighted by molar-refractivity contribution is 5.91. The van der Waals surface area contributed by atoms with E-state index in [9.17, 15) is 4.79 Å². The number of carbonyl (C=O) groups excluding carboxylic acids is 1. The van der Waals surface area contributed by atoms with Crippen molar-refractivity contribution < 1.29 is 9.53 Å². The van der Waals surface area contributed by atoms with E-state index in [1.807, 2.05) is 13.0 Å².